The number of rotatable bonds is 8. The van der Waals surface area contributed by atoms with E-state index in [1.54, 1.807) is 0 Å². The molecule has 0 spiro atoms. The average Bonchev–Trinajstić information content (AvgIpc) is 3.25. The second-order valence-electron chi connectivity index (χ2n) is 11.9. The Morgan fingerprint density at radius 2 is 1.95 bits per heavy atom. The number of hydrogen-bond donors (Lipinski definition) is 2. The van der Waals surface area contributed by atoms with Crippen LogP contribution in [0.3, 0.4) is 0 Å². The maximum Gasteiger partial charge on any atom is 0.124 e. The van der Waals surface area contributed by atoms with Crippen molar-refractivity contribution in [2.75, 3.05) is 32.9 Å². The second kappa shape index (κ2) is 9.11. The Bertz CT molecular complexity index is 1270. The van der Waals surface area contributed by atoms with E-state index in [9.17, 15) is 9.50 Å². The molecule has 3 aromatic rings. The van der Waals surface area contributed by atoms with Crippen molar-refractivity contribution in [1.82, 2.24) is 14.8 Å². The molecule has 0 bridgehead atoms. The van der Waals surface area contributed by atoms with Crippen molar-refractivity contribution < 1.29 is 14.2 Å². The van der Waals surface area contributed by atoms with Crippen molar-refractivity contribution in [2.24, 2.45) is 11.8 Å². The Balaban J connectivity index is 1.19. The van der Waals surface area contributed by atoms with Gasteiger partial charge in [-0.25, -0.2) is 0 Å². The van der Waals surface area contributed by atoms with Crippen LogP contribution in [0, 0.1) is 11.8 Å². The first-order valence-electron chi connectivity index (χ1n) is 14.1. The van der Waals surface area contributed by atoms with E-state index in [0.717, 1.165) is 38.2 Å². The van der Waals surface area contributed by atoms with Gasteiger partial charge >= 0.3 is 0 Å². The number of hydrogen-bond acceptors (Lipinski definition) is 4. The summed E-state index contributed by atoms with van der Waals surface area (Å²) in [7, 11) is 0. The molecule has 7 rings (SSSR count). The zero-order valence-electron chi connectivity index (χ0n) is 21.7. The van der Waals surface area contributed by atoms with Gasteiger partial charge in [-0.05, 0) is 80.2 Å². The molecule has 2 aromatic carbocycles. The molecule has 196 valence electrons. The van der Waals surface area contributed by atoms with Crippen LogP contribution in [0.5, 0.6) is 5.75 Å². The first-order chi connectivity index (χ1) is 18.1. The summed E-state index contributed by atoms with van der Waals surface area (Å²) < 4.78 is 18.7. The van der Waals surface area contributed by atoms with Gasteiger partial charge in [-0.15, -0.1) is 0 Å². The smallest absolute Gasteiger partial charge is 0.124 e. The predicted molar refractivity (Wildman–Crippen MR) is 144 cm³/mol. The average molecular weight is 504 g/mol. The quantitative estimate of drug-likeness (QED) is 0.450. The van der Waals surface area contributed by atoms with Gasteiger partial charge in [0.15, 0.2) is 0 Å². The minimum Gasteiger partial charge on any atom is -0.488 e. The molecule has 2 aliphatic carbocycles. The van der Waals surface area contributed by atoms with Crippen molar-refractivity contribution in [3.05, 3.63) is 65.4 Å². The third-order valence-electron chi connectivity index (χ3n) is 9.91. The summed E-state index contributed by atoms with van der Waals surface area (Å²) in [6.07, 6.45) is 5.41. The van der Waals surface area contributed by atoms with Gasteiger partial charge in [0.2, 0.25) is 0 Å². The normalized spacial score (nSPS) is 31.8. The Kier molecular flexibility index (Phi) is 5.83. The molecule has 3 heterocycles. The van der Waals surface area contributed by atoms with Crippen molar-refractivity contribution >= 4 is 10.9 Å². The lowest BCUT2D eigenvalue weighted by molar-refractivity contribution is -0.199. The van der Waals surface area contributed by atoms with Gasteiger partial charge in [-0.1, -0.05) is 30.3 Å². The van der Waals surface area contributed by atoms with Gasteiger partial charge in [-0.3, -0.25) is 14.2 Å². The summed E-state index contributed by atoms with van der Waals surface area (Å²) in [4.78, 5) is 8.90. The lowest BCUT2D eigenvalue weighted by Gasteiger charge is -2.70. The summed E-state index contributed by atoms with van der Waals surface area (Å²) in [6, 6.07) is 18.1. The van der Waals surface area contributed by atoms with Crippen LogP contribution in [-0.4, -0.2) is 70.5 Å². The molecule has 2 aliphatic heterocycles. The number of ether oxygens (including phenoxy) is 1. The highest BCUT2D eigenvalue weighted by Crippen LogP contribution is 2.64. The number of aromatic nitrogens is 1. The van der Waals surface area contributed by atoms with Crippen LogP contribution >= 0.6 is 0 Å². The van der Waals surface area contributed by atoms with E-state index in [4.69, 9.17) is 4.74 Å². The number of para-hydroxylation sites is 1. The highest BCUT2D eigenvalue weighted by Gasteiger charge is 2.65. The molecule has 1 saturated heterocycles. The number of fused-ring (bicyclic) bond motifs is 4. The molecule has 37 heavy (non-hydrogen) atoms. The van der Waals surface area contributed by atoms with Crippen molar-refractivity contribution in [1.29, 1.82) is 0 Å². The molecular weight excluding hydrogens is 465 g/mol. The summed E-state index contributed by atoms with van der Waals surface area (Å²) >= 11 is 0. The van der Waals surface area contributed by atoms with E-state index in [1.807, 2.05) is 0 Å². The van der Waals surface area contributed by atoms with Gasteiger partial charge in [0.05, 0.1) is 12.7 Å². The van der Waals surface area contributed by atoms with Gasteiger partial charge in [0.1, 0.15) is 11.9 Å². The number of halogens is 1. The van der Waals surface area contributed by atoms with Gasteiger partial charge < -0.3 is 14.8 Å². The number of H-pyrrole nitrogens is 1. The fourth-order valence-electron chi connectivity index (χ4n) is 8.09. The summed E-state index contributed by atoms with van der Waals surface area (Å²) in [5.41, 5.74) is 5.52. The van der Waals surface area contributed by atoms with Crippen molar-refractivity contribution in [2.45, 2.75) is 62.8 Å². The van der Waals surface area contributed by atoms with Gasteiger partial charge in [0.25, 0.3) is 0 Å². The summed E-state index contributed by atoms with van der Waals surface area (Å²) in [5.74, 6) is 1.97. The van der Waals surface area contributed by atoms with Crippen LogP contribution in [0.15, 0.2) is 48.5 Å². The zero-order valence-corrected chi connectivity index (χ0v) is 21.7. The molecular formula is C31H38FN3O2. The van der Waals surface area contributed by atoms with Crippen LogP contribution in [0.25, 0.3) is 10.9 Å². The van der Waals surface area contributed by atoms with Gasteiger partial charge in [-0.2, -0.15) is 0 Å². The minimum atomic E-state index is -0.249. The number of alkyl halides is 1. The Morgan fingerprint density at radius 3 is 2.65 bits per heavy atom. The second-order valence-corrected chi connectivity index (χ2v) is 11.9. The maximum atomic E-state index is 12.4. The van der Waals surface area contributed by atoms with Crippen LogP contribution in [0.1, 0.15) is 55.5 Å². The van der Waals surface area contributed by atoms with E-state index < -0.39 is 0 Å². The van der Waals surface area contributed by atoms with Crippen molar-refractivity contribution in [3.63, 3.8) is 0 Å². The zero-order chi connectivity index (χ0) is 25.1. The molecule has 1 aromatic heterocycles. The molecule has 2 N–H and O–H groups in total. The molecule has 5 atom stereocenters. The van der Waals surface area contributed by atoms with Crippen LogP contribution in [0.4, 0.5) is 4.39 Å². The minimum absolute atomic E-state index is 0.169. The van der Waals surface area contributed by atoms with E-state index in [-0.39, 0.29) is 24.4 Å². The number of likely N-dealkylation sites (tertiary alicyclic amines) is 1. The Morgan fingerprint density at radius 1 is 1.14 bits per heavy atom. The van der Waals surface area contributed by atoms with Crippen LogP contribution < -0.4 is 4.74 Å². The topological polar surface area (TPSA) is 51.7 Å². The molecule has 4 aliphatic rings. The highest BCUT2D eigenvalue weighted by molar-refractivity contribution is 5.85. The molecule has 5 nitrogen and oxygen atoms in total. The fraction of sp³-hybridized carbons (Fsp3) is 0.548. The standard InChI is InChI=1S/C31H38FN3O2/c1-20-15-26-25-5-2-3-6-28(25)33-29(26)30(35(20)31-12-11-27(31)22(16-31)19-36)21-7-9-23(10-8-21)37-24-17-34(18-24)14-4-13-32/h2-3,5-10,20,22,24,27,30,33,36H,4,11-19H2,1H3. The maximum absolute atomic E-state index is 12.4. The highest BCUT2D eigenvalue weighted by atomic mass is 19.1. The number of nitrogens with one attached hydrogen (secondary N) is 1. The van der Waals surface area contributed by atoms with E-state index in [2.05, 4.69) is 70.2 Å². The Labute approximate surface area is 218 Å². The number of aliphatic hydroxyl groups is 1. The fourth-order valence-corrected chi connectivity index (χ4v) is 8.09. The molecule has 5 unspecified atom stereocenters. The number of nitrogens with zero attached hydrogens (tertiary/aromatic N) is 2. The monoisotopic (exact) mass is 503 g/mol. The van der Waals surface area contributed by atoms with Crippen LogP contribution in [0.2, 0.25) is 0 Å². The lowest BCUT2D eigenvalue weighted by Crippen LogP contribution is -2.73. The summed E-state index contributed by atoms with van der Waals surface area (Å²) in [5, 5.41) is 11.3. The SMILES string of the molecule is CC1Cc2c([nH]c3ccccc23)C(c2ccc(OC3CN(CCCF)C3)cc2)N1C12CCC1C(CO)C2. The van der Waals surface area contributed by atoms with E-state index in [0.29, 0.717) is 30.9 Å². The molecule has 6 heteroatoms. The Hall–Kier alpha value is -2.41. The number of benzene rings is 2. The number of aliphatic hydroxyl groups excluding tert-OH is 1. The lowest BCUT2D eigenvalue weighted by atomic mass is 9.46. The predicted octanol–water partition coefficient (Wildman–Crippen LogP) is 5.09. The van der Waals surface area contributed by atoms with E-state index >= 15 is 0 Å². The molecule has 3 fully saturated rings. The molecule has 2 saturated carbocycles. The summed E-state index contributed by atoms with van der Waals surface area (Å²) in [6.45, 7) is 5.04. The van der Waals surface area contributed by atoms with E-state index in [1.165, 1.54) is 40.6 Å². The van der Waals surface area contributed by atoms with Crippen molar-refractivity contribution in [3.8, 4) is 5.75 Å². The molecule has 0 radical (unpaired) electrons. The van der Waals surface area contributed by atoms with Crippen LogP contribution in [-0.2, 0) is 6.42 Å². The van der Waals surface area contributed by atoms with Gasteiger partial charge in [0, 0.05) is 54.4 Å². The third-order valence-corrected chi connectivity index (χ3v) is 9.91. The number of aromatic amines is 1. The largest absolute Gasteiger partial charge is 0.488 e. The molecule has 0 amide bonds. The first kappa shape index (κ1) is 23.7. The third kappa shape index (κ3) is 3.67. The first-order valence-corrected chi connectivity index (χ1v) is 14.1.